The quantitative estimate of drug-likeness (QED) is 0.738. The highest BCUT2D eigenvalue weighted by Crippen LogP contribution is 2.38. The Morgan fingerprint density at radius 2 is 2.16 bits per heavy atom. The Morgan fingerprint density at radius 3 is 2.89 bits per heavy atom. The number of fused-ring (bicyclic) bond motifs is 1. The summed E-state index contributed by atoms with van der Waals surface area (Å²) in [6.45, 7) is 1.66. The minimum atomic E-state index is 0.798. The van der Waals surface area contributed by atoms with Crippen LogP contribution in [0.1, 0.15) is 5.56 Å². The number of hydrogen-bond acceptors (Lipinski definition) is 4. The highest BCUT2D eigenvalue weighted by Gasteiger charge is 2.26. The molecule has 0 radical (unpaired) electrons. The zero-order valence-corrected chi connectivity index (χ0v) is 12.4. The molecule has 2 aliphatic rings. The molecule has 3 rings (SSSR count). The van der Waals surface area contributed by atoms with E-state index in [0.29, 0.717) is 0 Å². The van der Waals surface area contributed by atoms with Crippen molar-refractivity contribution in [2.24, 2.45) is 4.99 Å². The summed E-state index contributed by atoms with van der Waals surface area (Å²) in [5, 5.41) is 9.88. The van der Waals surface area contributed by atoms with Crippen molar-refractivity contribution in [2.45, 2.75) is 0 Å². The monoisotopic (exact) mass is 331 g/mol. The molecule has 1 aromatic rings. The smallest absolute Gasteiger partial charge is 0.168 e. The lowest BCUT2D eigenvalue weighted by molar-refractivity contribution is 0.586. The van der Waals surface area contributed by atoms with E-state index in [4.69, 9.17) is 5.26 Å². The number of nitrogens with zero attached hydrogens (tertiary/aromatic N) is 3. The third-order valence-electron chi connectivity index (χ3n) is 2.93. The summed E-state index contributed by atoms with van der Waals surface area (Å²) in [4.78, 5) is 7.71. The first-order valence-corrected chi connectivity index (χ1v) is 7.46. The normalized spacial score (nSPS) is 19.8. The molecule has 0 saturated carbocycles. The van der Waals surface area contributed by atoms with Crippen molar-refractivity contribution < 1.29 is 0 Å². The van der Waals surface area contributed by atoms with Gasteiger partial charge in [-0.05, 0) is 23.8 Å². The molecule has 94 valence electrons. The molecule has 1 aromatic carbocycles. The second-order valence-electron chi connectivity index (χ2n) is 4.13. The molecule has 5 heteroatoms. The number of amidine groups is 1. The van der Waals surface area contributed by atoms with Crippen LogP contribution < -0.4 is 0 Å². The topological polar surface area (TPSA) is 39.4 Å². The van der Waals surface area contributed by atoms with Gasteiger partial charge >= 0.3 is 0 Å². The standard InChI is InChI=1S/C14H10BrN3S/c15-11-3-1-10(2-4-11)13-9-12(5-6-16)18-8-7-17-14(18)19-13/h1-5,9H,7-8H2/b12-5+. The summed E-state index contributed by atoms with van der Waals surface area (Å²) < 4.78 is 1.06. The fourth-order valence-electron chi connectivity index (χ4n) is 2.04. The van der Waals surface area contributed by atoms with E-state index in [9.17, 15) is 0 Å². The second kappa shape index (κ2) is 5.24. The van der Waals surface area contributed by atoms with Gasteiger partial charge in [0, 0.05) is 22.0 Å². The molecule has 0 atom stereocenters. The number of aliphatic imine (C=N–C) groups is 1. The molecule has 2 heterocycles. The predicted octanol–water partition coefficient (Wildman–Crippen LogP) is 3.62. The SMILES string of the molecule is N#C/C=C1\C=C(c2ccc(Br)cc2)SC2=NCCN21. The van der Waals surface area contributed by atoms with Crippen molar-refractivity contribution in [3.63, 3.8) is 0 Å². The largest absolute Gasteiger partial charge is 0.318 e. The number of allylic oxidation sites excluding steroid dienone is 2. The van der Waals surface area contributed by atoms with Gasteiger partial charge in [-0.1, -0.05) is 39.8 Å². The zero-order valence-electron chi connectivity index (χ0n) is 10.0. The zero-order chi connectivity index (χ0) is 13.2. The van der Waals surface area contributed by atoms with Gasteiger partial charge in [-0.2, -0.15) is 5.26 Å². The fourth-order valence-corrected chi connectivity index (χ4v) is 3.39. The van der Waals surface area contributed by atoms with E-state index in [0.717, 1.165) is 38.9 Å². The fraction of sp³-hybridized carbons (Fsp3) is 0.143. The molecule has 0 fully saturated rings. The highest BCUT2D eigenvalue weighted by atomic mass is 79.9. The minimum absolute atomic E-state index is 0.798. The van der Waals surface area contributed by atoms with Crippen LogP contribution in [0, 0.1) is 11.3 Å². The van der Waals surface area contributed by atoms with Crippen LogP contribution in [0.3, 0.4) is 0 Å². The summed E-state index contributed by atoms with van der Waals surface area (Å²) in [7, 11) is 0. The molecule has 0 saturated heterocycles. The molecule has 19 heavy (non-hydrogen) atoms. The van der Waals surface area contributed by atoms with Gasteiger partial charge in [0.1, 0.15) is 0 Å². The number of thioether (sulfide) groups is 1. The van der Waals surface area contributed by atoms with Crippen LogP contribution >= 0.6 is 27.7 Å². The molecule has 2 aliphatic heterocycles. The maximum absolute atomic E-state index is 8.90. The Hall–Kier alpha value is -1.51. The van der Waals surface area contributed by atoms with Crippen molar-refractivity contribution in [3.8, 4) is 6.07 Å². The van der Waals surface area contributed by atoms with Gasteiger partial charge in [0.05, 0.1) is 18.3 Å². The van der Waals surface area contributed by atoms with E-state index in [1.807, 2.05) is 12.1 Å². The number of nitriles is 1. The summed E-state index contributed by atoms with van der Waals surface area (Å²) in [5.41, 5.74) is 2.07. The van der Waals surface area contributed by atoms with Gasteiger partial charge in [0.25, 0.3) is 0 Å². The van der Waals surface area contributed by atoms with Crippen LogP contribution in [0.4, 0.5) is 0 Å². The van der Waals surface area contributed by atoms with Crippen LogP contribution in [0.5, 0.6) is 0 Å². The lowest BCUT2D eigenvalue weighted by Gasteiger charge is -2.26. The van der Waals surface area contributed by atoms with E-state index >= 15 is 0 Å². The van der Waals surface area contributed by atoms with Gasteiger partial charge in [0.15, 0.2) is 5.17 Å². The first kappa shape index (κ1) is 12.5. The minimum Gasteiger partial charge on any atom is -0.318 e. The molecular formula is C14H10BrN3S. The Kier molecular flexibility index (Phi) is 3.45. The van der Waals surface area contributed by atoms with Gasteiger partial charge in [-0.3, -0.25) is 4.99 Å². The molecule has 0 N–H and O–H groups in total. The van der Waals surface area contributed by atoms with Crippen molar-refractivity contribution in [1.29, 1.82) is 5.26 Å². The van der Waals surface area contributed by atoms with E-state index in [2.05, 4.69) is 50.1 Å². The molecular weight excluding hydrogens is 322 g/mol. The predicted molar refractivity (Wildman–Crippen MR) is 82.4 cm³/mol. The summed E-state index contributed by atoms with van der Waals surface area (Å²) in [5.74, 6) is 0. The van der Waals surface area contributed by atoms with E-state index < -0.39 is 0 Å². The third-order valence-corrected chi connectivity index (χ3v) is 4.57. The molecule has 0 amide bonds. The molecule has 0 bridgehead atoms. The number of halogens is 1. The van der Waals surface area contributed by atoms with E-state index in [1.165, 1.54) is 0 Å². The van der Waals surface area contributed by atoms with E-state index in [1.54, 1.807) is 17.8 Å². The van der Waals surface area contributed by atoms with Crippen LogP contribution in [-0.2, 0) is 0 Å². The average Bonchev–Trinajstić information content (AvgIpc) is 2.88. The molecule has 0 spiro atoms. The lowest BCUT2D eigenvalue weighted by atomic mass is 10.2. The van der Waals surface area contributed by atoms with Gasteiger partial charge < -0.3 is 4.90 Å². The Labute approximate surface area is 124 Å². The van der Waals surface area contributed by atoms with Gasteiger partial charge in [-0.25, -0.2) is 0 Å². The Morgan fingerprint density at radius 1 is 1.37 bits per heavy atom. The summed E-state index contributed by atoms with van der Waals surface area (Å²) in [6.07, 6.45) is 3.64. The third kappa shape index (κ3) is 2.46. The van der Waals surface area contributed by atoms with Crippen molar-refractivity contribution in [1.82, 2.24) is 4.90 Å². The highest BCUT2D eigenvalue weighted by molar-refractivity contribution is 9.10. The first-order chi connectivity index (χ1) is 9.28. The Balaban J connectivity index is 2.02. The second-order valence-corrected chi connectivity index (χ2v) is 6.06. The van der Waals surface area contributed by atoms with E-state index in [-0.39, 0.29) is 0 Å². The maximum Gasteiger partial charge on any atom is 0.168 e. The van der Waals surface area contributed by atoms with Crippen molar-refractivity contribution in [2.75, 3.05) is 13.1 Å². The van der Waals surface area contributed by atoms with Crippen LogP contribution in [-0.4, -0.2) is 23.2 Å². The Bertz CT molecular complexity index is 638. The van der Waals surface area contributed by atoms with Crippen LogP contribution in [0.2, 0.25) is 0 Å². The van der Waals surface area contributed by atoms with Crippen LogP contribution in [0.15, 0.2) is 51.6 Å². The first-order valence-electron chi connectivity index (χ1n) is 5.85. The molecule has 0 unspecified atom stereocenters. The molecule has 0 aliphatic carbocycles. The number of benzene rings is 1. The van der Waals surface area contributed by atoms with Gasteiger partial charge in [-0.15, -0.1) is 0 Å². The van der Waals surface area contributed by atoms with Gasteiger partial charge in [0.2, 0.25) is 0 Å². The molecule has 3 nitrogen and oxygen atoms in total. The number of hydrogen-bond donors (Lipinski definition) is 0. The molecule has 0 aromatic heterocycles. The summed E-state index contributed by atoms with van der Waals surface area (Å²) in [6, 6.07) is 10.3. The van der Waals surface area contributed by atoms with Crippen molar-refractivity contribution in [3.05, 3.63) is 52.2 Å². The average molecular weight is 332 g/mol. The van der Waals surface area contributed by atoms with Crippen molar-refractivity contribution >= 4 is 37.8 Å². The van der Waals surface area contributed by atoms with Crippen LogP contribution in [0.25, 0.3) is 4.91 Å². The lowest BCUT2D eigenvalue weighted by Crippen LogP contribution is -2.26. The maximum atomic E-state index is 8.90. The number of rotatable bonds is 1. The summed E-state index contributed by atoms with van der Waals surface area (Å²) >= 11 is 5.10.